The molecule has 3 rings (SSSR count). The lowest BCUT2D eigenvalue weighted by molar-refractivity contribution is -0.115. The Balaban J connectivity index is 1.65. The molecule has 2 aromatic carbocycles. The topological polar surface area (TPSA) is 54.9 Å². The maximum absolute atomic E-state index is 12.4. The Hall–Kier alpha value is -1.60. The van der Waals surface area contributed by atoms with Crippen LogP contribution in [0, 0.1) is 0 Å². The van der Waals surface area contributed by atoms with Crippen LogP contribution in [0.25, 0.3) is 10.6 Å². The molecule has 25 heavy (non-hydrogen) atoms. The second-order valence-corrected chi connectivity index (χ2v) is 8.33. The predicted molar refractivity (Wildman–Crippen MR) is 106 cm³/mol. The van der Waals surface area contributed by atoms with Gasteiger partial charge in [0.25, 0.3) is 0 Å². The monoisotopic (exact) mass is 409 g/mol. The van der Waals surface area contributed by atoms with E-state index in [4.69, 9.17) is 23.2 Å². The van der Waals surface area contributed by atoms with Crippen LogP contribution in [0.3, 0.4) is 0 Å². The van der Waals surface area contributed by atoms with Crippen molar-refractivity contribution in [1.29, 1.82) is 0 Å². The number of hydrogen-bond donors (Lipinski definition) is 1. The van der Waals surface area contributed by atoms with Crippen molar-refractivity contribution in [2.75, 3.05) is 5.32 Å². The Kier molecular flexibility index (Phi) is 5.96. The number of thioether (sulfide) groups is 1. The van der Waals surface area contributed by atoms with Crippen LogP contribution in [0.2, 0.25) is 10.0 Å². The zero-order chi connectivity index (χ0) is 17.8. The Bertz CT molecular complexity index is 884. The van der Waals surface area contributed by atoms with Gasteiger partial charge in [0.15, 0.2) is 5.01 Å². The molecule has 1 N–H and O–H groups in total. The van der Waals surface area contributed by atoms with Gasteiger partial charge in [-0.05, 0) is 37.3 Å². The second-order valence-electron chi connectivity index (χ2n) is 5.10. The van der Waals surface area contributed by atoms with Crippen LogP contribution >= 0.6 is 46.3 Å². The summed E-state index contributed by atoms with van der Waals surface area (Å²) in [5.74, 6) is -0.137. The Morgan fingerprint density at radius 2 is 1.84 bits per heavy atom. The fourth-order valence-electron chi connectivity index (χ4n) is 2.00. The lowest BCUT2D eigenvalue weighted by atomic mass is 10.2. The number of halogens is 2. The summed E-state index contributed by atoms with van der Waals surface area (Å²) in [6.45, 7) is 1.84. The first-order chi connectivity index (χ1) is 12.0. The van der Waals surface area contributed by atoms with Gasteiger partial charge in [0.05, 0.1) is 10.3 Å². The molecule has 3 aromatic rings. The van der Waals surface area contributed by atoms with E-state index in [1.54, 1.807) is 18.2 Å². The van der Waals surface area contributed by atoms with Crippen molar-refractivity contribution in [2.45, 2.75) is 17.1 Å². The molecular weight excluding hydrogens is 397 g/mol. The van der Waals surface area contributed by atoms with Gasteiger partial charge >= 0.3 is 0 Å². The number of rotatable bonds is 5. The molecule has 4 nitrogen and oxygen atoms in total. The van der Waals surface area contributed by atoms with E-state index in [-0.39, 0.29) is 11.2 Å². The Morgan fingerprint density at radius 3 is 2.56 bits per heavy atom. The van der Waals surface area contributed by atoms with Crippen LogP contribution in [0.1, 0.15) is 6.92 Å². The summed E-state index contributed by atoms with van der Waals surface area (Å²) in [6, 6.07) is 14.8. The summed E-state index contributed by atoms with van der Waals surface area (Å²) in [4.78, 5) is 13.3. The van der Waals surface area contributed by atoms with E-state index < -0.39 is 0 Å². The summed E-state index contributed by atoms with van der Waals surface area (Å²) in [7, 11) is 0. The molecule has 128 valence electrons. The van der Waals surface area contributed by atoms with Gasteiger partial charge in [-0.1, -0.05) is 52.7 Å². The molecule has 0 spiro atoms. The van der Waals surface area contributed by atoms with E-state index in [9.17, 15) is 4.79 Å². The fourth-order valence-corrected chi connectivity index (χ4v) is 4.06. The summed E-state index contributed by atoms with van der Waals surface area (Å²) in [5.41, 5.74) is 0.797. The number of aromatic nitrogens is 2. The molecule has 0 radical (unpaired) electrons. The molecule has 1 atom stereocenters. The molecule has 0 aliphatic heterocycles. The number of benzene rings is 2. The van der Waals surface area contributed by atoms with Gasteiger partial charge in [0, 0.05) is 15.5 Å². The van der Waals surface area contributed by atoms with Crippen LogP contribution in [0.15, 0.2) is 53.4 Å². The highest BCUT2D eigenvalue weighted by Crippen LogP contribution is 2.32. The van der Waals surface area contributed by atoms with Crippen LogP contribution in [-0.4, -0.2) is 21.4 Å². The molecule has 0 saturated heterocycles. The minimum Gasteiger partial charge on any atom is -0.300 e. The summed E-state index contributed by atoms with van der Waals surface area (Å²) in [6.07, 6.45) is 0. The number of amides is 1. The standard InChI is InChI=1S/C17H13Cl2N3OS2/c1-10(24-12-8-6-11(18)7-9-12)15(23)20-17-22-21-16(25-17)13-4-2-3-5-14(13)19/h2-10H,1H3,(H,20,22,23). The third-order valence-corrected chi connectivity index (χ3v) is 5.82. The molecule has 1 aromatic heterocycles. The first kappa shape index (κ1) is 18.2. The molecular formula is C17H13Cl2N3OS2. The average Bonchev–Trinajstić information content (AvgIpc) is 3.05. The van der Waals surface area contributed by atoms with E-state index in [1.807, 2.05) is 37.3 Å². The van der Waals surface area contributed by atoms with Crippen LogP contribution in [-0.2, 0) is 4.79 Å². The molecule has 0 aliphatic carbocycles. The van der Waals surface area contributed by atoms with E-state index in [0.717, 1.165) is 10.5 Å². The summed E-state index contributed by atoms with van der Waals surface area (Å²) in [5, 5.41) is 13.0. The highest BCUT2D eigenvalue weighted by Gasteiger charge is 2.17. The number of hydrogen-bond acceptors (Lipinski definition) is 5. The van der Waals surface area contributed by atoms with Crippen LogP contribution in [0.4, 0.5) is 5.13 Å². The van der Waals surface area contributed by atoms with Gasteiger partial charge in [0.2, 0.25) is 11.0 Å². The first-order valence-electron chi connectivity index (χ1n) is 7.34. The highest BCUT2D eigenvalue weighted by molar-refractivity contribution is 8.00. The summed E-state index contributed by atoms with van der Waals surface area (Å²) >= 11 is 14.8. The van der Waals surface area contributed by atoms with Gasteiger partial charge < -0.3 is 0 Å². The quantitative estimate of drug-likeness (QED) is 0.554. The molecule has 0 bridgehead atoms. The SMILES string of the molecule is CC(Sc1ccc(Cl)cc1)C(=O)Nc1nnc(-c2ccccc2Cl)s1. The van der Waals surface area contributed by atoms with Crippen LogP contribution < -0.4 is 5.32 Å². The molecule has 8 heteroatoms. The van der Waals surface area contributed by atoms with E-state index in [1.165, 1.54) is 23.1 Å². The normalized spacial score (nSPS) is 12.0. The van der Waals surface area contributed by atoms with Gasteiger partial charge in [-0.3, -0.25) is 10.1 Å². The maximum Gasteiger partial charge on any atom is 0.239 e. The molecule has 0 fully saturated rings. The third kappa shape index (κ3) is 4.73. The van der Waals surface area contributed by atoms with Gasteiger partial charge in [-0.15, -0.1) is 22.0 Å². The Morgan fingerprint density at radius 1 is 1.12 bits per heavy atom. The fraction of sp³-hybridized carbons (Fsp3) is 0.118. The summed E-state index contributed by atoms with van der Waals surface area (Å²) < 4.78 is 0. The smallest absolute Gasteiger partial charge is 0.239 e. The largest absolute Gasteiger partial charge is 0.300 e. The number of carbonyl (C=O) groups excluding carboxylic acids is 1. The van der Waals surface area contributed by atoms with Gasteiger partial charge in [-0.25, -0.2) is 0 Å². The maximum atomic E-state index is 12.4. The number of carbonyl (C=O) groups is 1. The van der Waals surface area contributed by atoms with E-state index in [2.05, 4.69) is 15.5 Å². The van der Waals surface area contributed by atoms with E-state index in [0.29, 0.717) is 20.2 Å². The number of anilines is 1. The van der Waals surface area contributed by atoms with Crippen LogP contribution in [0.5, 0.6) is 0 Å². The van der Waals surface area contributed by atoms with Crippen molar-refractivity contribution in [3.8, 4) is 10.6 Å². The molecule has 1 heterocycles. The lowest BCUT2D eigenvalue weighted by Gasteiger charge is -2.10. The third-order valence-electron chi connectivity index (χ3n) is 3.26. The first-order valence-corrected chi connectivity index (χ1v) is 9.79. The minimum absolute atomic E-state index is 0.137. The second kappa shape index (κ2) is 8.19. The van der Waals surface area contributed by atoms with E-state index >= 15 is 0 Å². The Labute approximate surface area is 163 Å². The molecule has 0 saturated carbocycles. The van der Waals surface area contributed by atoms with Gasteiger partial charge in [-0.2, -0.15) is 0 Å². The molecule has 1 amide bonds. The predicted octanol–water partition coefficient (Wildman–Crippen LogP) is 5.63. The lowest BCUT2D eigenvalue weighted by Crippen LogP contribution is -2.22. The van der Waals surface area contributed by atoms with Crippen molar-refractivity contribution in [3.63, 3.8) is 0 Å². The molecule has 1 unspecified atom stereocenters. The highest BCUT2D eigenvalue weighted by atomic mass is 35.5. The number of nitrogens with one attached hydrogen (secondary N) is 1. The average molecular weight is 410 g/mol. The van der Waals surface area contributed by atoms with Crippen molar-refractivity contribution in [2.24, 2.45) is 0 Å². The van der Waals surface area contributed by atoms with Crippen molar-refractivity contribution >= 4 is 57.3 Å². The van der Waals surface area contributed by atoms with Gasteiger partial charge in [0.1, 0.15) is 0 Å². The minimum atomic E-state index is -0.283. The zero-order valence-electron chi connectivity index (χ0n) is 13.1. The zero-order valence-corrected chi connectivity index (χ0v) is 16.2. The molecule has 0 aliphatic rings. The van der Waals surface area contributed by atoms with Crippen molar-refractivity contribution in [1.82, 2.24) is 10.2 Å². The van der Waals surface area contributed by atoms with Crippen molar-refractivity contribution < 1.29 is 4.79 Å². The van der Waals surface area contributed by atoms with Crippen molar-refractivity contribution in [3.05, 3.63) is 58.6 Å². The number of nitrogens with zero attached hydrogens (tertiary/aromatic N) is 2.